The molecule has 0 aliphatic carbocycles. The van der Waals surface area contributed by atoms with E-state index in [0.717, 1.165) is 0 Å². The number of rotatable bonds is 4. The van der Waals surface area contributed by atoms with Gasteiger partial charge in [0.1, 0.15) is 11.5 Å². The molecule has 0 radical (unpaired) electrons. The lowest BCUT2D eigenvalue weighted by atomic mass is 9.96. The molecule has 0 fully saturated rings. The fraction of sp³-hybridized carbons (Fsp3) is 0.188. The normalized spacial score (nSPS) is 13.3. The smallest absolute Gasteiger partial charge is 0.342 e. The van der Waals surface area contributed by atoms with Gasteiger partial charge < -0.3 is 14.6 Å². The monoisotopic (exact) mass is 340 g/mol. The molecule has 0 amide bonds. The molecule has 1 unspecified atom stereocenters. The van der Waals surface area contributed by atoms with Crippen LogP contribution in [-0.4, -0.2) is 18.2 Å². The molecule has 1 atom stereocenters. The van der Waals surface area contributed by atoms with Crippen molar-refractivity contribution in [3.8, 4) is 11.5 Å². The third kappa shape index (κ3) is 3.53. The predicted octanol–water partition coefficient (Wildman–Crippen LogP) is 4.17. The topological polar surface area (TPSA) is 55.8 Å². The molecule has 0 aliphatic rings. The first-order chi connectivity index (χ1) is 10.3. The maximum Gasteiger partial charge on any atom is 0.342 e. The van der Waals surface area contributed by atoms with Crippen molar-refractivity contribution < 1.29 is 19.4 Å². The van der Waals surface area contributed by atoms with E-state index in [1.807, 2.05) is 0 Å². The summed E-state index contributed by atoms with van der Waals surface area (Å²) in [6, 6.07) is 11.5. The molecule has 4 nitrogen and oxygen atoms in total. The molecule has 0 spiro atoms. The van der Waals surface area contributed by atoms with E-state index in [1.165, 1.54) is 26.2 Å². The number of halogens is 2. The quantitative estimate of drug-likeness (QED) is 0.848. The Morgan fingerprint density at radius 1 is 1.09 bits per heavy atom. The minimum Gasteiger partial charge on any atom is -0.467 e. The van der Waals surface area contributed by atoms with Crippen molar-refractivity contribution in [2.45, 2.75) is 12.5 Å². The second-order valence-electron chi connectivity index (χ2n) is 4.76. The predicted molar refractivity (Wildman–Crippen MR) is 84.6 cm³/mol. The molecule has 1 N–H and O–H groups in total. The fourth-order valence-corrected chi connectivity index (χ4v) is 2.38. The summed E-state index contributed by atoms with van der Waals surface area (Å²) < 4.78 is 10.2. The van der Waals surface area contributed by atoms with Gasteiger partial charge in [0.25, 0.3) is 0 Å². The number of esters is 1. The molecular weight excluding hydrogens is 327 g/mol. The van der Waals surface area contributed by atoms with E-state index in [9.17, 15) is 9.90 Å². The Morgan fingerprint density at radius 2 is 1.68 bits per heavy atom. The van der Waals surface area contributed by atoms with Gasteiger partial charge in [-0.15, -0.1) is 0 Å². The third-order valence-corrected chi connectivity index (χ3v) is 3.66. The molecule has 6 heteroatoms. The number of carbonyl (C=O) groups excluding carboxylic acids is 1. The second-order valence-corrected chi connectivity index (χ2v) is 5.61. The first kappa shape index (κ1) is 16.6. The van der Waals surface area contributed by atoms with Crippen molar-refractivity contribution in [1.82, 2.24) is 0 Å². The van der Waals surface area contributed by atoms with Crippen LogP contribution in [0.3, 0.4) is 0 Å². The average molecular weight is 341 g/mol. The average Bonchev–Trinajstić information content (AvgIpc) is 2.48. The van der Waals surface area contributed by atoms with E-state index < -0.39 is 11.6 Å². The number of benzene rings is 2. The van der Waals surface area contributed by atoms with Crippen molar-refractivity contribution in [2.75, 3.05) is 7.11 Å². The first-order valence-corrected chi connectivity index (χ1v) is 7.14. The molecule has 0 saturated heterocycles. The van der Waals surface area contributed by atoms with Gasteiger partial charge >= 0.3 is 5.97 Å². The Morgan fingerprint density at radius 3 is 2.23 bits per heavy atom. The van der Waals surface area contributed by atoms with Crippen molar-refractivity contribution in [2.24, 2.45) is 0 Å². The van der Waals surface area contributed by atoms with Gasteiger partial charge in [0.2, 0.25) is 0 Å². The van der Waals surface area contributed by atoms with Crippen LogP contribution in [0.4, 0.5) is 0 Å². The summed E-state index contributed by atoms with van der Waals surface area (Å²) in [6.07, 6.45) is 0. The van der Waals surface area contributed by atoms with E-state index in [2.05, 4.69) is 4.74 Å². The Hall–Kier alpha value is -1.75. The number of carbonyl (C=O) groups is 1. The molecule has 22 heavy (non-hydrogen) atoms. The molecule has 2 aromatic carbocycles. The number of hydrogen-bond donors (Lipinski definition) is 1. The Balaban J connectivity index is 2.26. The van der Waals surface area contributed by atoms with E-state index in [-0.39, 0.29) is 10.6 Å². The van der Waals surface area contributed by atoms with Gasteiger partial charge in [-0.1, -0.05) is 29.3 Å². The van der Waals surface area contributed by atoms with Crippen LogP contribution in [0.5, 0.6) is 11.5 Å². The highest BCUT2D eigenvalue weighted by Gasteiger charge is 2.35. The molecule has 116 valence electrons. The molecule has 2 rings (SSSR count). The van der Waals surface area contributed by atoms with Crippen LogP contribution in [0.25, 0.3) is 0 Å². The van der Waals surface area contributed by atoms with E-state index >= 15 is 0 Å². The van der Waals surface area contributed by atoms with Crippen LogP contribution in [0.15, 0.2) is 42.5 Å². The van der Waals surface area contributed by atoms with Gasteiger partial charge in [0, 0.05) is 10.6 Å². The van der Waals surface area contributed by atoms with E-state index in [0.29, 0.717) is 16.5 Å². The van der Waals surface area contributed by atoms with Crippen LogP contribution < -0.4 is 4.74 Å². The lowest BCUT2D eigenvalue weighted by Crippen LogP contribution is -2.33. The number of hydrogen-bond acceptors (Lipinski definition) is 4. The second kappa shape index (κ2) is 6.57. The van der Waals surface area contributed by atoms with Gasteiger partial charge in [-0.25, -0.2) is 4.79 Å². The van der Waals surface area contributed by atoms with Crippen LogP contribution in [0, 0.1) is 0 Å². The Kier molecular flexibility index (Phi) is 4.96. The maximum atomic E-state index is 11.6. The van der Waals surface area contributed by atoms with Crippen LogP contribution in [0.2, 0.25) is 10.0 Å². The first-order valence-electron chi connectivity index (χ1n) is 6.39. The van der Waals surface area contributed by atoms with Crippen LogP contribution >= 0.6 is 23.2 Å². The summed E-state index contributed by atoms with van der Waals surface area (Å²) in [7, 11) is 1.20. The summed E-state index contributed by atoms with van der Waals surface area (Å²) in [6.45, 7) is 1.32. The van der Waals surface area contributed by atoms with Crippen LogP contribution in [-0.2, 0) is 15.1 Å². The number of methoxy groups -OCH3 is 1. The summed E-state index contributed by atoms with van der Waals surface area (Å²) in [5, 5.41) is 11.0. The van der Waals surface area contributed by atoms with Crippen molar-refractivity contribution in [1.29, 1.82) is 0 Å². The van der Waals surface area contributed by atoms with Crippen molar-refractivity contribution >= 4 is 29.2 Å². The number of ether oxygens (including phenoxy) is 2. The zero-order chi connectivity index (χ0) is 16.3. The molecule has 0 saturated carbocycles. The van der Waals surface area contributed by atoms with Gasteiger partial charge in [0.15, 0.2) is 5.60 Å². The standard InChI is InChI=1S/C16H14Cl2O4/c1-16(20,15(19)21-2)13-8-7-12(9-14(13)18)22-11-5-3-10(17)4-6-11/h3-9,20H,1-2H3. The Labute approximate surface area is 138 Å². The molecule has 0 aromatic heterocycles. The zero-order valence-electron chi connectivity index (χ0n) is 12.0. The highest BCUT2D eigenvalue weighted by molar-refractivity contribution is 6.32. The highest BCUT2D eigenvalue weighted by atomic mass is 35.5. The third-order valence-electron chi connectivity index (χ3n) is 3.10. The van der Waals surface area contributed by atoms with Gasteiger partial charge in [-0.2, -0.15) is 0 Å². The minimum absolute atomic E-state index is 0.196. The molecule has 0 heterocycles. The molecule has 0 bridgehead atoms. The summed E-state index contributed by atoms with van der Waals surface area (Å²) in [5.74, 6) is 0.269. The number of aliphatic hydroxyl groups is 1. The van der Waals surface area contributed by atoms with Crippen LogP contribution in [0.1, 0.15) is 12.5 Å². The van der Waals surface area contributed by atoms with Gasteiger partial charge in [-0.3, -0.25) is 0 Å². The Bertz CT molecular complexity index is 681. The molecular formula is C16H14Cl2O4. The van der Waals surface area contributed by atoms with Gasteiger partial charge in [0.05, 0.1) is 12.1 Å². The van der Waals surface area contributed by atoms with Crippen molar-refractivity contribution in [3.05, 3.63) is 58.1 Å². The van der Waals surface area contributed by atoms with Crippen molar-refractivity contribution in [3.63, 3.8) is 0 Å². The molecule has 0 aliphatic heterocycles. The summed E-state index contributed by atoms with van der Waals surface area (Å²) >= 11 is 11.9. The minimum atomic E-state index is -1.83. The fourth-order valence-electron chi connectivity index (χ4n) is 1.90. The maximum absolute atomic E-state index is 11.6. The lowest BCUT2D eigenvalue weighted by Gasteiger charge is -2.22. The molecule has 2 aromatic rings. The lowest BCUT2D eigenvalue weighted by molar-refractivity contribution is -0.161. The van der Waals surface area contributed by atoms with E-state index in [1.54, 1.807) is 30.3 Å². The summed E-state index contributed by atoms with van der Waals surface area (Å²) in [5.41, 5.74) is -1.59. The highest BCUT2D eigenvalue weighted by Crippen LogP contribution is 2.33. The van der Waals surface area contributed by atoms with Gasteiger partial charge in [-0.05, 0) is 43.3 Å². The zero-order valence-corrected chi connectivity index (χ0v) is 13.5. The summed E-state index contributed by atoms with van der Waals surface area (Å²) in [4.78, 5) is 11.6. The largest absolute Gasteiger partial charge is 0.467 e. The van der Waals surface area contributed by atoms with E-state index in [4.69, 9.17) is 27.9 Å². The SMILES string of the molecule is COC(=O)C(C)(O)c1ccc(Oc2ccc(Cl)cc2)cc1Cl.